The van der Waals surface area contributed by atoms with E-state index in [1.165, 1.54) is 4.68 Å². The summed E-state index contributed by atoms with van der Waals surface area (Å²) in [6.45, 7) is 3.49. The van der Waals surface area contributed by atoms with Gasteiger partial charge in [0.05, 0.1) is 12.2 Å². The Labute approximate surface area is 121 Å². The lowest BCUT2D eigenvalue weighted by Gasteiger charge is -2.06. The van der Waals surface area contributed by atoms with E-state index in [9.17, 15) is 9.59 Å². The number of nitrogens with zero attached hydrogens (tertiary/aromatic N) is 2. The topological polar surface area (TPSA) is 64.0 Å². The van der Waals surface area contributed by atoms with Gasteiger partial charge in [0.1, 0.15) is 0 Å². The van der Waals surface area contributed by atoms with Gasteiger partial charge in [0.15, 0.2) is 0 Å². The van der Waals surface area contributed by atoms with Crippen LogP contribution in [0.4, 0.5) is 0 Å². The zero-order valence-electron chi connectivity index (χ0n) is 11.2. The van der Waals surface area contributed by atoms with E-state index < -0.39 is 0 Å². The van der Waals surface area contributed by atoms with E-state index in [4.69, 9.17) is 11.6 Å². The first-order valence-electron chi connectivity index (χ1n) is 6.07. The molecular formula is C14H14ClN3O2. The van der Waals surface area contributed by atoms with Gasteiger partial charge >= 0.3 is 0 Å². The second-order valence-electron chi connectivity index (χ2n) is 4.42. The average molecular weight is 292 g/mol. The molecule has 1 N–H and O–H groups in total. The number of nitrogens with one attached hydrogen (secondary N) is 1. The van der Waals surface area contributed by atoms with E-state index in [1.807, 2.05) is 6.92 Å². The van der Waals surface area contributed by atoms with Crippen molar-refractivity contribution in [3.05, 3.63) is 52.3 Å². The van der Waals surface area contributed by atoms with Crippen LogP contribution in [0.25, 0.3) is 0 Å². The Morgan fingerprint density at radius 3 is 2.45 bits per heavy atom. The predicted molar refractivity (Wildman–Crippen MR) is 76.1 cm³/mol. The smallest absolute Gasteiger partial charge is 0.266 e. The highest BCUT2D eigenvalue weighted by Crippen LogP contribution is 2.09. The Kier molecular flexibility index (Phi) is 4.20. The molecule has 5 nitrogen and oxygen atoms in total. The molecule has 0 fully saturated rings. The SMILES string of the molecule is Cc1cc(C)n(C(=O)CNC(=O)c2ccc(Cl)cc2)n1. The minimum absolute atomic E-state index is 0.108. The van der Waals surface area contributed by atoms with Crippen molar-refractivity contribution in [1.29, 1.82) is 0 Å². The van der Waals surface area contributed by atoms with Crippen LogP contribution in [-0.2, 0) is 0 Å². The Morgan fingerprint density at radius 1 is 1.25 bits per heavy atom. The number of hydrogen-bond acceptors (Lipinski definition) is 3. The number of hydrogen-bond donors (Lipinski definition) is 1. The van der Waals surface area contributed by atoms with E-state index in [-0.39, 0.29) is 18.4 Å². The Balaban J connectivity index is 1.98. The maximum absolute atomic E-state index is 11.9. The molecule has 1 aromatic carbocycles. The maximum Gasteiger partial charge on any atom is 0.266 e. The maximum atomic E-state index is 11.9. The molecule has 0 aliphatic rings. The molecule has 2 aromatic rings. The van der Waals surface area contributed by atoms with Crippen LogP contribution in [0.1, 0.15) is 26.5 Å². The third-order valence-corrected chi connectivity index (χ3v) is 3.00. The third-order valence-electron chi connectivity index (χ3n) is 2.75. The van der Waals surface area contributed by atoms with Crippen molar-refractivity contribution in [2.24, 2.45) is 0 Å². The predicted octanol–water partition coefficient (Wildman–Crippen LogP) is 2.22. The first-order chi connectivity index (χ1) is 9.47. The van der Waals surface area contributed by atoms with Crippen molar-refractivity contribution in [2.45, 2.75) is 13.8 Å². The molecule has 0 unspecified atom stereocenters. The Morgan fingerprint density at radius 2 is 1.90 bits per heavy atom. The van der Waals surface area contributed by atoms with Gasteiger partial charge in [-0.3, -0.25) is 9.59 Å². The number of benzene rings is 1. The van der Waals surface area contributed by atoms with E-state index in [0.717, 1.165) is 11.4 Å². The number of carbonyl (C=O) groups excluding carboxylic acids is 2. The molecule has 1 heterocycles. The van der Waals surface area contributed by atoms with Crippen molar-refractivity contribution in [1.82, 2.24) is 15.1 Å². The first-order valence-corrected chi connectivity index (χ1v) is 6.45. The lowest BCUT2D eigenvalue weighted by Crippen LogP contribution is -2.33. The summed E-state index contributed by atoms with van der Waals surface area (Å²) in [5.74, 6) is -0.602. The Bertz CT molecular complexity index is 647. The molecule has 0 atom stereocenters. The zero-order valence-corrected chi connectivity index (χ0v) is 11.9. The molecule has 0 saturated heterocycles. The van der Waals surface area contributed by atoms with Crippen LogP contribution in [0.15, 0.2) is 30.3 Å². The average Bonchev–Trinajstić information content (AvgIpc) is 2.75. The Hall–Kier alpha value is -2.14. The minimum atomic E-state index is -0.323. The van der Waals surface area contributed by atoms with Gasteiger partial charge in [0.2, 0.25) is 0 Å². The van der Waals surface area contributed by atoms with Crippen LogP contribution in [0, 0.1) is 13.8 Å². The normalized spacial score (nSPS) is 10.3. The van der Waals surface area contributed by atoms with Crippen LogP contribution in [-0.4, -0.2) is 28.1 Å². The van der Waals surface area contributed by atoms with E-state index in [1.54, 1.807) is 37.3 Å². The molecule has 104 valence electrons. The summed E-state index contributed by atoms with van der Waals surface area (Å²) in [6, 6.07) is 8.26. The summed E-state index contributed by atoms with van der Waals surface area (Å²) in [6.07, 6.45) is 0. The van der Waals surface area contributed by atoms with Gasteiger partial charge in [0.25, 0.3) is 11.8 Å². The molecule has 0 aliphatic heterocycles. The van der Waals surface area contributed by atoms with Gasteiger partial charge in [-0.15, -0.1) is 0 Å². The van der Waals surface area contributed by atoms with Gasteiger partial charge in [0, 0.05) is 16.3 Å². The molecule has 0 radical (unpaired) electrons. The van der Waals surface area contributed by atoms with Gasteiger partial charge < -0.3 is 5.32 Å². The van der Waals surface area contributed by atoms with Gasteiger partial charge in [-0.1, -0.05) is 11.6 Å². The second kappa shape index (κ2) is 5.88. The van der Waals surface area contributed by atoms with Gasteiger partial charge in [-0.25, -0.2) is 4.68 Å². The van der Waals surface area contributed by atoms with Crippen LogP contribution in [0.2, 0.25) is 5.02 Å². The summed E-state index contributed by atoms with van der Waals surface area (Å²) in [5.41, 5.74) is 1.96. The quantitative estimate of drug-likeness (QED) is 0.943. The summed E-state index contributed by atoms with van der Waals surface area (Å²) in [7, 11) is 0. The molecule has 1 aromatic heterocycles. The minimum Gasteiger partial charge on any atom is -0.343 e. The van der Waals surface area contributed by atoms with Crippen molar-refractivity contribution in [3.8, 4) is 0 Å². The van der Waals surface area contributed by atoms with Crippen LogP contribution in [0.5, 0.6) is 0 Å². The van der Waals surface area contributed by atoms with Crippen molar-refractivity contribution < 1.29 is 9.59 Å². The number of halogens is 1. The van der Waals surface area contributed by atoms with Crippen LogP contribution >= 0.6 is 11.6 Å². The molecule has 0 bridgehead atoms. The summed E-state index contributed by atoms with van der Waals surface area (Å²) in [5, 5.41) is 7.19. The van der Waals surface area contributed by atoms with Crippen molar-refractivity contribution in [3.63, 3.8) is 0 Å². The second-order valence-corrected chi connectivity index (χ2v) is 4.86. The van der Waals surface area contributed by atoms with Crippen molar-refractivity contribution in [2.75, 3.05) is 6.54 Å². The monoisotopic (exact) mass is 291 g/mol. The fourth-order valence-electron chi connectivity index (χ4n) is 1.82. The number of aromatic nitrogens is 2. The van der Waals surface area contributed by atoms with Crippen molar-refractivity contribution >= 4 is 23.4 Å². The summed E-state index contributed by atoms with van der Waals surface area (Å²) in [4.78, 5) is 23.8. The van der Waals surface area contributed by atoms with Crippen LogP contribution < -0.4 is 5.32 Å². The largest absolute Gasteiger partial charge is 0.343 e. The molecule has 6 heteroatoms. The van der Waals surface area contributed by atoms with Gasteiger partial charge in [-0.2, -0.15) is 5.10 Å². The van der Waals surface area contributed by atoms with Gasteiger partial charge in [-0.05, 0) is 44.2 Å². The number of rotatable bonds is 3. The lowest BCUT2D eigenvalue weighted by molar-refractivity contribution is 0.0848. The molecule has 2 rings (SSSR count). The molecule has 0 aliphatic carbocycles. The van der Waals surface area contributed by atoms with Crippen LogP contribution in [0.3, 0.4) is 0 Å². The lowest BCUT2D eigenvalue weighted by atomic mass is 10.2. The standard InChI is InChI=1S/C14H14ClN3O2/c1-9-7-10(2)18(17-9)13(19)8-16-14(20)11-3-5-12(15)6-4-11/h3-7H,8H2,1-2H3,(H,16,20). The first kappa shape index (κ1) is 14.3. The fraction of sp³-hybridized carbons (Fsp3) is 0.214. The summed E-state index contributed by atoms with van der Waals surface area (Å²) >= 11 is 5.75. The fourth-order valence-corrected chi connectivity index (χ4v) is 1.94. The zero-order chi connectivity index (χ0) is 14.7. The number of carbonyl (C=O) groups is 2. The highest BCUT2D eigenvalue weighted by atomic mass is 35.5. The summed E-state index contributed by atoms with van der Waals surface area (Å²) < 4.78 is 1.29. The molecule has 0 saturated carbocycles. The highest BCUT2D eigenvalue weighted by molar-refractivity contribution is 6.30. The molecular weight excluding hydrogens is 278 g/mol. The number of aryl methyl sites for hydroxylation is 2. The van der Waals surface area contributed by atoms with E-state index >= 15 is 0 Å². The molecule has 0 spiro atoms. The number of amides is 1. The van der Waals surface area contributed by atoms with E-state index in [2.05, 4.69) is 10.4 Å². The highest BCUT2D eigenvalue weighted by Gasteiger charge is 2.12. The molecule has 1 amide bonds. The van der Waals surface area contributed by atoms with E-state index in [0.29, 0.717) is 10.6 Å². The third kappa shape index (κ3) is 3.24. The molecule has 20 heavy (non-hydrogen) atoms.